The van der Waals surface area contributed by atoms with Gasteiger partial charge >= 0.3 is 0 Å². The number of aliphatic hydroxyl groups excluding tert-OH is 4. The van der Waals surface area contributed by atoms with E-state index in [0.717, 1.165) is 0 Å². The molecule has 44 heavy (non-hydrogen) atoms. The van der Waals surface area contributed by atoms with Crippen LogP contribution in [-0.4, -0.2) is 99.0 Å². The first-order chi connectivity index (χ1) is 21.0. The van der Waals surface area contributed by atoms with Crippen molar-refractivity contribution in [2.45, 2.75) is 81.9 Å². The lowest BCUT2D eigenvalue weighted by Crippen LogP contribution is -2.67. The first kappa shape index (κ1) is 31.8. The fourth-order valence-electron chi connectivity index (χ4n) is 5.37. The molecule has 2 aromatic carbocycles. The van der Waals surface area contributed by atoms with Crippen molar-refractivity contribution in [3.05, 3.63) is 65.0 Å². The summed E-state index contributed by atoms with van der Waals surface area (Å²) >= 11 is 0. The number of nitrogens with one attached hydrogen (secondary N) is 1. The highest BCUT2D eigenvalue weighted by Gasteiger charge is 2.53. The number of carbonyl (C=O) groups is 1. The van der Waals surface area contributed by atoms with Crippen molar-refractivity contribution in [2.75, 3.05) is 6.79 Å². The number of hydrogen-bond donors (Lipinski definition) is 6. The Morgan fingerprint density at radius 1 is 1.07 bits per heavy atom. The van der Waals surface area contributed by atoms with E-state index < -0.39 is 61.0 Å². The first-order valence-electron chi connectivity index (χ1n) is 14.0. The summed E-state index contributed by atoms with van der Waals surface area (Å²) in [5, 5.41) is 58.9. The third-order valence-electron chi connectivity index (χ3n) is 7.71. The summed E-state index contributed by atoms with van der Waals surface area (Å²) in [5.41, 5.74) is 1.58. The van der Waals surface area contributed by atoms with E-state index >= 15 is 0 Å². The zero-order valence-electron chi connectivity index (χ0n) is 23.9. The van der Waals surface area contributed by atoms with Crippen LogP contribution < -0.4 is 10.1 Å². The van der Waals surface area contributed by atoms with Crippen molar-refractivity contribution in [3.63, 3.8) is 0 Å². The number of nitrogens with zero attached hydrogens (tertiary/aromatic N) is 1. The molecule has 2 aliphatic heterocycles. The van der Waals surface area contributed by atoms with Crippen LogP contribution in [-0.2, 0) is 30.4 Å². The summed E-state index contributed by atoms with van der Waals surface area (Å²) in [4.78, 5) is 18.1. The van der Waals surface area contributed by atoms with E-state index in [-0.39, 0.29) is 42.7 Å². The third-order valence-corrected chi connectivity index (χ3v) is 7.71. The molecule has 3 aliphatic rings. The van der Waals surface area contributed by atoms with Gasteiger partial charge in [-0.15, -0.1) is 0 Å². The topological polar surface area (TPSA) is 189 Å². The number of aliphatic hydroxyl groups is 4. The fourth-order valence-corrected chi connectivity index (χ4v) is 5.37. The largest absolute Gasteiger partial charge is 0.504 e. The maximum Gasteiger partial charge on any atom is 0.247 e. The summed E-state index contributed by atoms with van der Waals surface area (Å²) in [7, 11) is 0. The number of halogens is 1. The van der Waals surface area contributed by atoms with Gasteiger partial charge in [0.2, 0.25) is 12.2 Å². The minimum Gasteiger partial charge on any atom is -0.504 e. The molecule has 1 saturated carbocycles. The average molecular weight is 619 g/mol. The summed E-state index contributed by atoms with van der Waals surface area (Å²) in [6.45, 7) is 3.01. The van der Waals surface area contributed by atoms with Gasteiger partial charge in [-0.05, 0) is 55.3 Å². The Bertz CT molecular complexity index is 1400. The summed E-state index contributed by atoms with van der Waals surface area (Å²) < 4.78 is 35.4. The molecule has 2 heterocycles. The van der Waals surface area contributed by atoms with Gasteiger partial charge in [0.1, 0.15) is 55.8 Å². The van der Waals surface area contributed by atoms with Crippen molar-refractivity contribution in [1.82, 2.24) is 5.32 Å². The Labute approximate surface area is 252 Å². The van der Waals surface area contributed by atoms with Crippen molar-refractivity contribution >= 4 is 17.7 Å². The lowest BCUT2D eigenvalue weighted by atomic mass is 9.83. The zero-order chi connectivity index (χ0) is 31.5. The zero-order valence-corrected chi connectivity index (χ0v) is 23.9. The molecule has 2 aromatic rings. The van der Waals surface area contributed by atoms with E-state index in [1.54, 1.807) is 25.1 Å². The predicted molar refractivity (Wildman–Crippen MR) is 151 cm³/mol. The number of carbonyl (C=O) groups excluding carboxylic acids is 1. The second kappa shape index (κ2) is 13.6. The van der Waals surface area contributed by atoms with Crippen molar-refractivity contribution in [2.24, 2.45) is 5.16 Å². The van der Waals surface area contributed by atoms with E-state index in [0.29, 0.717) is 16.8 Å². The summed E-state index contributed by atoms with van der Waals surface area (Å²) in [6, 6.07) is 9.13. The standard InChI is InChI=1S/C30H35FN2O11/c1-14(30(39)32-23-24(36)26(38)29-28(25(23)37)40-13-41-29)8-16-6-7-21(19(34)10-16)43-22-11-20(35)27(44-22)15(2)33-42-12-17-4-3-5-18(31)9-17/h3-10,20,22-29,34-38H,11-13H2,1-2H3,(H,32,39)/b14-8+,33-15-/t20-,22+,23+,24-,25+,26+,27+,28-,29+/m0/s1. The molecule has 0 bridgehead atoms. The van der Waals surface area contributed by atoms with E-state index in [2.05, 4.69) is 10.5 Å². The Kier molecular flexibility index (Phi) is 9.80. The number of hydrogen-bond acceptors (Lipinski definition) is 12. The van der Waals surface area contributed by atoms with E-state index in [1.807, 2.05) is 0 Å². The molecule has 2 saturated heterocycles. The molecule has 3 fully saturated rings. The monoisotopic (exact) mass is 618 g/mol. The van der Waals surface area contributed by atoms with Gasteiger partial charge in [-0.25, -0.2) is 4.39 Å². The van der Waals surface area contributed by atoms with Crippen LogP contribution in [0.1, 0.15) is 31.4 Å². The Balaban J connectivity index is 1.15. The number of rotatable bonds is 9. The third kappa shape index (κ3) is 7.02. The first-order valence-corrected chi connectivity index (χ1v) is 14.0. The summed E-state index contributed by atoms with van der Waals surface area (Å²) in [5.74, 6) is -1.17. The molecule has 0 spiro atoms. The number of amides is 1. The second-order valence-corrected chi connectivity index (χ2v) is 10.9. The van der Waals surface area contributed by atoms with E-state index in [9.17, 15) is 34.7 Å². The van der Waals surface area contributed by atoms with Crippen LogP contribution in [0.25, 0.3) is 6.08 Å². The van der Waals surface area contributed by atoms with E-state index in [1.165, 1.54) is 37.3 Å². The molecule has 238 valence electrons. The SMILES string of the molecule is C/C(=N/OCc1cccc(F)c1)[C@H]1O[C@@H](Oc2ccc(/C=C(\C)C(=O)N[C@@H]3[C@H](O)[C@@H](O)[C@H]4OCO[C@H]4[C@@H]3O)cc2O)C[C@@H]1O. The quantitative estimate of drug-likeness (QED) is 0.132. The van der Waals surface area contributed by atoms with Crippen LogP contribution in [0.5, 0.6) is 11.5 Å². The fraction of sp³-hybridized carbons (Fsp3) is 0.467. The van der Waals surface area contributed by atoms with Crippen LogP contribution >= 0.6 is 0 Å². The van der Waals surface area contributed by atoms with Gasteiger partial charge in [0.25, 0.3) is 0 Å². The maximum absolute atomic E-state index is 13.3. The van der Waals surface area contributed by atoms with Crippen molar-refractivity contribution in [3.8, 4) is 11.5 Å². The van der Waals surface area contributed by atoms with Gasteiger partial charge in [-0.2, -0.15) is 0 Å². The van der Waals surface area contributed by atoms with Gasteiger partial charge in [0, 0.05) is 12.0 Å². The molecule has 0 unspecified atom stereocenters. The highest BCUT2D eigenvalue weighted by atomic mass is 19.1. The number of aromatic hydroxyl groups is 1. The number of fused-ring (bicyclic) bond motifs is 1. The van der Waals surface area contributed by atoms with Crippen LogP contribution in [0.2, 0.25) is 0 Å². The van der Waals surface area contributed by atoms with Crippen molar-refractivity contribution < 1.29 is 58.5 Å². The van der Waals surface area contributed by atoms with Crippen LogP contribution in [0, 0.1) is 5.82 Å². The van der Waals surface area contributed by atoms with E-state index in [4.69, 9.17) is 23.8 Å². The number of phenolic OH excluding ortho intramolecular Hbond substituents is 1. The molecular formula is C30H35FN2O11. The Hall–Kier alpha value is -3.63. The minimum absolute atomic E-state index is 0.0343. The van der Waals surface area contributed by atoms with Gasteiger partial charge < -0.3 is 54.6 Å². The van der Waals surface area contributed by atoms with Gasteiger partial charge in [0.05, 0.1) is 17.9 Å². The lowest BCUT2D eigenvalue weighted by molar-refractivity contribution is -0.155. The molecule has 13 nitrogen and oxygen atoms in total. The Morgan fingerprint density at radius 2 is 1.82 bits per heavy atom. The molecule has 0 aromatic heterocycles. The smallest absolute Gasteiger partial charge is 0.247 e. The van der Waals surface area contributed by atoms with Gasteiger partial charge in [-0.1, -0.05) is 23.4 Å². The second-order valence-electron chi connectivity index (χ2n) is 10.9. The maximum atomic E-state index is 13.3. The highest BCUT2D eigenvalue weighted by Crippen LogP contribution is 2.33. The number of ether oxygens (including phenoxy) is 4. The molecule has 1 aliphatic carbocycles. The highest BCUT2D eigenvalue weighted by molar-refractivity contribution is 5.97. The number of oxime groups is 1. The van der Waals surface area contributed by atoms with Crippen LogP contribution in [0.4, 0.5) is 4.39 Å². The molecule has 6 N–H and O–H groups in total. The Morgan fingerprint density at radius 3 is 2.55 bits per heavy atom. The average Bonchev–Trinajstić information content (AvgIpc) is 3.62. The molecule has 1 amide bonds. The minimum atomic E-state index is -1.48. The summed E-state index contributed by atoms with van der Waals surface area (Å²) in [6.07, 6.45) is -7.06. The predicted octanol–water partition coefficient (Wildman–Crippen LogP) is 0.705. The van der Waals surface area contributed by atoms with Crippen molar-refractivity contribution in [1.29, 1.82) is 0 Å². The molecule has 9 atom stereocenters. The van der Waals surface area contributed by atoms with Gasteiger partial charge in [-0.3, -0.25) is 4.79 Å². The normalized spacial score (nSPS) is 32.3. The van der Waals surface area contributed by atoms with Gasteiger partial charge in [0.15, 0.2) is 11.5 Å². The molecule has 14 heteroatoms. The molecular weight excluding hydrogens is 583 g/mol. The molecule has 0 radical (unpaired) electrons. The lowest BCUT2D eigenvalue weighted by Gasteiger charge is -2.41. The van der Waals surface area contributed by atoms with Crippen LogP contribution in [0.15, 0.2) is 53.2 Å². The molecule has 5 rings (SSSR count). The number of phenols is 1. The van der Waals surface area contributed by atoms with Crippen LogP contribution in [0.3, 0.4) is 0 Å². The number of benzene rings is 2.